The van der Waals surface area contributed by atoms with E-state index in [1.165, 1.54) is 12.1 Å². The zero-order chi connectivity index (χ0) is 15.3. The molecule has 0 aliphatic carbocycles. The Bertz CT molecular complexity index is 544. The molecule has 0 amide bonds. The maximum atomic E-state index is 12.4. The first-order valence-electron chi connectivity index (χ1n) is 6.18. The molecule has 4 nitrogen and oxygen atoms in total. The summed E-state index contributed by atoms with van der Waals surface area (Å²) in [6, 6.07) is 2.66. The van der Waals surface area contributed by atoms with Crippen molar-refractivity contribution in [3.8, 4) is 0 Å². The highest BCUT2D eigenvalue weighted by Gasteiger charge is 2.25. The summed E-state index contributed by atoms with van der Waals surface area (Å²) in [4.78, 5) is -0.112. The van der Waals surface area contributed by atoms with Gasteiger partial charge in [0.25, 0.3) is 0 Å². The van der Waals surface area contributed by atoms with Crippen molar-refractivity contribution in [1.29, 1.82) is 0 Å². The lowest BCUT2D eigenvalue weighted by Gasteiger charge is -2.18. The summed E-state index contributed by atoms with van der Waals surface area (Å²) in [6.45, 7) is 2.26. The van der Waals surface area contributed by atoms with Crippen LogP contribution < -0.4 is 10.5 Å². The number of benzene rings is 1. The van der Waals surface area contributed by atoms with Crippen molar-refractivity contribution in [3.05, 3.63) is 26.7 Å². The molecule has 1 rings (SSSR count). The third-order valence-electron chi connectivity index (χ3n) is 2.74. The Hall–Kier alpha value is 0.150. The lowest BCUT2D eigenvalue weighted by Crippen LogP contribution is -2.40. The third kappa shape index (κ3) is 4.86. The van der Waals surface area contributed by atoms with E-state index in [9.17, 15) is 8.42 Å². The summed E-state index contributed by atoms with van der Waals surface area (Å²) in [5.74, 6) is 0. The van der Waals surface area contributed by atoms with Gasteiger partial charge < -0.3 is 5.73 Å². The zero-order valence-electron chi connectivity index (χ0n) is 11.0. The topological polar surface area (TPSA) is 72.2 Å². The first-order chi connectivity index (χ1) is 9.31. The Labute approximate surface area is 138 Å². The van der Waals surface area contributed by atoms with Crippen molar-refractivity contribution in [3.63, 3.8) is 0 Å². The van der Waals surface area contributed by atoms with Gasteiger partial charge in [0.05, 0.1) is 10.0 Å². The van der Waals surface area contributed by atoms with E-state index in [0.717, 1.165) is 12.8 Å². The van der Waals surface area contributed by atoms with Crippen molar-refractivity contribution >= 4 is 49.2 Å². The van der Waals surface area contributed by atoms with E-state index in [2.05, 4.69) is 20.7 Å². The molecule has 1 aromatic carbocycles. The highest BCUT2D eigenvalue weighted by molar-refractivity contribution is 9.10. The molecule has 1 atom stereocenters. The van der Waals surface area contributed by atoms with Crippen LogP contribution in [-0.4, -0.2) is 21.0 Å². The van der Waals surface area contributed by atoms with E-state index < -0.39 is 10.0 Å². The van der Waals surface area contributed by atoms with Crippen molar-refractivity contribution in [2.45, 2.75) is 37.1 Å². The van der Waals surface area contributed by atoms with Crippen LogP contribution in [0.2, 0.25) is 10.0 Å². The Kier molecular flexibility index (Phi) is 7.24. The molecule has 3 N–H and O–H groups in total. The second kappa shape index (κ2) is 7.96. The zero-order valence-corrected chi connectivity index (χ0v) is 14.9. The Balaban J connectivity index is 3.05. The van der Waals surface area contributed by atoms with Crippen molar-refractivity contribution < 1.29 is 8.42 Å². The number of hydrogen-bond donors (Lipinski definition) is 2. The summed E-state index contributed by atoms with van der Waals surface area (Å²) < 4.78 is 27.9. The van der Waals surface area contributed by atoms with Crippen LogP contribution in [0, 0.1) is 0 Å². The van der Waals surface area contributed by atoms with Crippen molar-refractivity contribution in [1.82, 2.24) is 4.72 Å². The summed E-state index contributed by atoms with van der Waals surface area (Å²) in [5.41, 5.74) is 5.60. The first kappa shape index (κ1) is 18.2. The molecule has 114 valence electrons. The van der Waals surface area contributed by atoms with Crippen LogP contribution >= 0.6 is 39.1 Å². The van der Waals surface area contributed by atoms with Crippen LogP contribution in [0.1, 0.15) is 26.2 Å². The fourth-order valence-corrected chi connectivity index (χ4v) is 4.96. The molecule has 0 radical (unpaired) electrons. The summed E-state index contributed by atoms with van der Waals surface area (Å²) in [7, 11) is -3.79. The van der Waals surface area contributed by atoms with Crippen LogP contribution in [0.25, 0.3) is 0 Å². The molecule has 0 saturated carbocycles. The van der Waals surface area contributed by atoms with E-state index in [4.69, 9.17) is 28.9 Å². The van der Waals surface area contributed by atoms with Crippen molar-refractivity contribution in [2.75, 3.05) is 6.54 Å². The summed E-state index contributed by atoms with van der Waals surface area (Å²) in [5, 5.41) is 0.145. The van der Waals surface area contributed by atoms with Gasteiger partial charge in [0, 0.05) is 17.1 Å². The number of nitrogens with two attached hydrogens (primary N) is 1. The van der Waals surface area contributed by atoms with Gasteiger partial charge in [-0.2, -0.15) is 0 Å². The minimum Gasteiger partial charge on any atom is -0.329 e. The smallest absolute Gasteiger partial charge is 0.243 e. The van der Waals surface area contributed by atoms with Crippen LogP contribution in [-0.2, 0) is 10.0 Å². The number of sulfonamides is 1. The number of halogens is 3. The lowest BCUT2D eigenvalue weighted by molar-refractivity contribution is 0.516. The SMILES string of the molecule is CCCCC(CN)NS(=O)(=O)c1c(Cl)cc(Br)cc1Cl. The van der Waals surface area contributed by atoms with Gasteiger partial charge in [0.15, 0.2) is 0 Å². The predicted octanol–water partition coefficient (Wildman–Crippen LogP) is 3.55. The van der Waals surface area contributed by atoms with E-state index >= 15 is 0 Å². The fourth-order valence-electron chi connectivity index (χ4n) is 1.74. The van der Waals surface area contributed by atoms with Crippen LogP contribution in [0.5, 0.6) is 0 Å². The van der Waals surface area contributed by atoms with Crippen molar-refractivity contribution in [2.24, 2.45) is 5.73 Å². The normalized spacial score (nSPS) is 13.4. The van der Waals surface area contributed by atoms with E-state index in [1.807, 2.05) is 6.92 Å². The molecular formula is C12H17BrCl2N2O2S. The van der Waals surface area contributed by atoms with Gasteiger partial charge in [-0.25, -0.2) is 13.1 Å². The highest BCUT2D eigenvalue weighted by Crippen LogP contribution is 2.32. The number of nitrogens with one attached hydrogen (secondary N) is 1. The standard InChI is InChI=1S/C12H17BrCl2N2O2S/c1-2-3-4-9(7-16)17-20(18,19)12-10(14)5-8(13)6-11(12)15/h5-6,9,17H,2-4,7,16H2,1H3. The number of unbranched alkanes of at least 4 members (excludes halogenated alkanes) is 1. The molecular weight excluding hydrogens is 387 g/mol. The number of hydrogen-bond acceptors (Lipinski definition) is 3. The van der Waals surface area contributed by atoms with Gasteiger partial charge in [0.1, 0.15) is 4.90 Å². The predicted molar refractivity (Wildman–Crippen MR) is 86.9 cm³/mol. The van der Waals surface area contributed by atoms with Gasteiger partial charge in [-0.3, -0.25) is 0 Å². The Morgan fingerprint density at radius 3 is 2.35 bits per heavy atom. The average molecular weight is 404 g/mol. The quantitative estimate of drug-likeness (QED) is 0.730. The molecule has 8 heteroatoms. The Morgan fingerprint density at radius 1 is 1.35 bits per heavy atom. The summed E-state index contributed by atoms with van der Waals surface area (Å²) in [6.07, 6.45) is 2.54. The van der Waals surface area contributed by atoms with Gasteiger partial charge >= 0.3 is 0 Å². The maximum absolute atomic E-state index is 12.4. The highest BCUT2D eigenvalue weighted by atomic mass is 79.9. The van der Waals surface area contributed by atoms with Gasteiger partial charge in [-0.1, -0.05) is 58.9 Å². The van der Waals surface area contributed by atoms with Crippen LogP contribution in [0.15, 0.2) is 21.5 Å². The van der Waals surface area contributed by atoms with Gasteiger partial charge in [0.2, 0.25) is 10.0 Å². The lowest BCUT2D eigenvalue weighted by atomic mass is 10.1. The fraction of sp³-hybridized carbons (Fsp3) is 0.500. The van der Waals surface area contributed by atoms with E-state index in [0.29, 0.717) is 10.9 Å². The van der Waals surface area contributed by atoms with E-state index in [1.54, 1.807) is 0 Å². The van der Waals surface area contributed by atoms with Gasteiger partial charge in [-0.05, 0) is 18.6 Å². The molecule has 0 aromatic heterocycles. The third-order valence-corrected chi connectivity index (χ3v) is 5.64. The molecule has 1 aromatic rings. The molecule has 0 saturated heterocycles. The minimum atomic E-state index is -3.79. The van der Waals surface area contributed by atoms with Gasteiger partial charge in [-0.15, -0.1) is 0 Å². The molecule has 0 aliphatic rings. The molecule has 0 fully saturated rings. The van der Waals surface area contributed by atoms with Crippen LogP contribution in [0.4, 0.5) is 0 Å². The molecule has 0 aliphatic heterocycles. The average Bonchev–Trinajstić information content (AvgIpc) is 2.32. The molecule has 0 spiro atoms. The monoisotopic (exact) mass is 402 g/mol. The number of rotatable bonds is 7. The molecule has 1 unspecified atom stereocenters. The second-order valence-corrected chi connectivity index (χ2v) is 7.78. The molecule has 0 heterocycles. The molecule has 20 heavy (non-hydrogen) atoms. The summed E-state index contributed by atoms with van der Waals surface area (Å²) >= 11 is 15.2. The molecule has 0 bridgehead atoms. The second-order valence-electron chi connectivity index (χ2n) is 4.39. The Morgan fingerprint density at radius 2 is 1.90 bits per heavy atom. The van der Waals surface area contributed by atoms with E-state index in [-0.39, 0.29) is 27.5 Å². The first-order valence-corrected chi connectivity index (χ1v) is 9.22. The maximum Gasteiger partial charge on any atom is 0.243 e. The van der Waals surface area contributed by atoms with Crippen LogP contribution in [0.3, 0.4) is 0 Å². The largest absolute Gasteiger partial charge is 0.329 e. The minimum absolute atomic E-state index is 0.0723.